The molecule has 228 valence electrons. The fourth-order valence-electron chi connectivity index (χ4n) is 9.82. The van der Waals surface area contributed by atoms with Gasteiger partial charge in [0, 0.05) is 24.4 Å². The lowest BCUT2D eigenvalue weighted by molar-refractivity contribution is -0.217. The molecule has 5 aliphatic rings. The molecular weight excluding hydrogens is 547 g/mol. The van der Waals surface area contributed by atoms with Crippen LogP contribution < -0.4 is 0 Å². The number of aliphatic hydroxyl groups is 1. The van der Waals surface area contributed by atoms with E-state index in [0.29, 0.717) is 18.4 Å². The van der Waals surface area contributed by atoms with Gasteiger partial charge in [0.2, 0.25) is 11.8 Å². The van der Waals surface area contributed by atoms with Crippen LogP contribution in [0.2, 0.25) is 0 Å². The van der Waals surface area contributed by atoms with Crippen molar-refractivity contribution in [2.75, 3.05) is 26.2 Å². The lowest BCUT2D eigenvalue weighted by atomic mass is 9.67. The van der Waals surface area contributed by atoms with Crippen molar-refractivity contribution in [3.05, 3.63) is 30.0 Å². The summed E-state index contributed by atoms with van der Waals surface area (Å²) in [6.45, 7) is 4.51. The topological polar surface area (TPSA) is 86.9 Å². The lowest BCUT2D eigenvalue weighted by Gasteiger charge is -2.39. The molecule has 2 saturated heterocycles. The quantitative estimate of drug-likeness (QED) is 0.466. The van der Waals surface area contributed by atoms with Gasteiger partial charge in [0.25, 0.3) is 0 Å². The number of benzene rings is 1. The molecule has 10 heteroatoms. The second kappa shape index (κ2) is 10.6. The van der Waals surface area contributed by atoms with Crippen LogP contribution in [0, 0.1) is 47.3 Å². The average Bonchev–Trinajstić information content (AvgIpc) is 3.72. The fourth-order valence-corrected chi connectivity index (χ4v) is 9.82. The molecule has 0 spiro atoms. The van der Waals surface area contributed by atoms with Gasteiger partial charge in [0.05, 0.1) is 29.6 Å². The minimum atomic E-state index is -4.49. The van der Waals surface area contributed by atoms with Crippen molar-refractivity contribution in [2.45, 2.75) is 70.1 Å². The van der Waals surface area contributed by atoms with Gasteiger partial charge in [-0.1, -0.05) is 30.1 Å². The molecule has 1 N–H and O–H groups in total. The van der Waals surface area contributed by atoms with Crippen LogP contribution in [0.25, 0.3) is 11.0 Å². The Morgan fingerprint density at radius 3 is 2.29 bits per heavy atom. The highest BCUT2D eigenvalue weighted by molar-refractivity contribution is 6.06. The Hall–Kier alpha value is -2.46. The molecule has 2 aromatic rings. The van der Waals surface area contributed by atoms with Crippen molar-refractivity contribution in [2.24, 2.45) is 47.3 Å². The van der Waals surface area contributed by atoms with Crippen LogP contribution in [0.3, 0.4) is 0 Å². The first-order valence-electron chi connectivity index (χ1n) is 15.8. The summed E-state index contributed by atoms with van der Waals surface area (Å²) in [6.07, 6.45) is 0.638. The van der Waals surface area contributed by atoms with Gasteiger partial charge in [-0.25, -0.2) is 0 Å². The third-order valence-corrected chi connectivity index (χ3v) is 11.6. The van der Waals surface area contributed by atoms with Crippen molar-refractivity contribution >= 4 is 22.8 Å². The first-order valence-corrected chi connectivity index (χ1v) is 15.8. The third-order valence-electron chi connectivity index (χ3n) is 11.6. The number of fused-ring (bicyclic) bond motifs is 6. The van der Waals surface area contributed by atoms with Crippen molar-refractivity contribution in [1.82, 2.24) is 15.0 Å². The Balaban J connectivity index is 1.01. The van der Waals surface area contributed by atoms with Crippen LogP contribution >= 0.6 is 0 Å². The second-order valence-corrected chi connectivity index (χ2v) is 13.7. The fraction of sp³-hybridized carbons (Fsp3) is 0.719. The monoisotopic (exact) mass is 587 g/mol. The molecule has 5 fully saturated rings. The molecule has 3 saturated carbocycles. The van der Waals surface area contributed by atoms with E-state index in [0.717, 1.165) is 74.8 Å². The van der Waals surface area contributed by atoms with E-state index in [2.05, 4.69) is 16.1 Å². The van der Waals surface area contributed by atoms with Gasteiger partial charge in [-0.15, -0.1) is 0 Å². The maximum Gasteiger partial charge on any atom is 0.392 e. The highest BCUT2D eigenvalue weighted by Crippen LogP contribution is 2.65. The van der Waals surface area contributed by atoms with E-state index >= 15 is 0 Å². The summed E-state index contributed by atoms with van der Waals surface area (Å²) in [5.74, 6) is -5.69. The predicted molar refractivity (Wildman–Crippen MR) is 148 cm³/mol. The number of imide groups is 1. The highest BCUT2D eigenvalue weighted by atomic mass is 19.4. The summed E-state index contributed by atoms with van der Waals surface area (Å²) in [7, 11) is 0. The first-order chi connectivity index (χ1) is 20.1. The van der Waals surface area contributed by atoms with Crippen LogP contribution in [-0.2, 0) is 9.59 Å². The normalized spacial score (nSPS) is 36.7. The van der Waals surface area contributed by atoms with Gasteiger partial charge >= 0.3 is 6.18 Å². The molecule has 2 aliphatic heterocycles. The summed E-state index contributed by atoms with van der Waals surface area (Å²) in [4.78, 5) is 31.1. The van der Waals surface area contributed by atoms with Crippen molar-refractivity contribution in [1.29, 1.82) is 0 Å². The molecule has 3 heterocycles. The Morgan fingerprint density at radius 2 is 1.62 bits per heavy atom. The number of alkyl halides is 3. The Labute approximate surface area is 243 Å². The van der Waals surface area contributed by atoms with Crippen LogP contribution in [-0.4, -0.2) is 70.3 Å². The number of para-hydroxylation sites is 1. The maximum atomic E-state index is 14.1. The number of aromatic nitrogens is 1. The molecule has 3 aliphatic carbocycles. The number of aliphatic hydroxyl groups excluding tert-OH is 1. The number of likely N-dealkylation sites (tertiary alicyclic amines) is 2. The standard InChI is InChI=1S/C32H40F3N3O4/c1-17(39)25-22-14-23(28(25)32(33,34)35)27-26(22)30(40)38(31(27)41)16-20-7-3-2-6-19(20)15-37-12-10-18(11-13-37)29-21-8-4-5-9-24(21)42-36-29/h4-5,8-9,17-20,22-23,25-28,39H,2-3,6-7,10-16H2,1H3/t17?,19-,20-,22?,23?,25?,26?,27?,28?/m1/s1. The molecule has 9 atom stereocenters. The summed E-state index contributed by atoms with van der Waals surface area (Å²) < 4.78 is 47.8. The van der Waals surface area contributed by atoms with Gasteiger partial charge in [-0.2, -0.15) is 13.2 Å². The Morgan fingerprint density at radius 1 is 0.976 bits per heavy atom. The zero-order valence-corrected chi connectivity index (χ0v) is 24.0. The van der Waals surface area contributed by atoms with Crippen molar-refractivity contribution in [3.8, 4) is 0 Å². The van der Waals surface area contributed by atoms with Crippen LogP contribution in [0.15, 0.2) is 28.8 Å². The molecule has 1 aromatic carbocycles. The van der Waals surface area contributed by atoms with E-state index in [4.69, 9.17) is 4.52 Å². The number of carbonyl (C=O) groups is 2. The molecular formula is C32H40F3N3O4. The molecule has 1 aromatic heterocycles. The first kappa shape index (κ1) is 28.3. The minimum Gasteiger partial charge on any atom is -0.393 e. The number of rotatable bonds is 6. The molecule has 2 amide bonds. The summed E-state index contributed by atoms with van der Waals surface area (Å²) in [5, 5.41) is 15.8. The Kier molecular flexibility index (Phi) is 7.16. The van der Waals surface area contributed by atoms with Gasteiger partial charge in [0.1, 0.15) is 0 Å². The van der Waals surface area contributed by atoms with Crippen LogP contribution in [0.5, 0.6) is 0 Å². The van der Waals surface area contributed by atoms with E-state index < -0.39 is 53.7 Å². The van der Waals surface area contributed by atoms with Gasteiger partial charge in [0.15, 0.2) is 5.58 Å². The lowest BCUT2D eigenvalue weighted by Crippen LogP contribution is -2.46. The van der Waals surface area contributed by atoms with Crippen LogP contribution in [0.1, 0.15) is 63.5 Å². The van der Waals surface area contributed by atoms with Gasteiger partial charge in [-0.05, 0) is 93.8 Å². The average molecular weight is 588 g/mol. The molecule has 0 radical (unpaired) electrons. The molecule has 7 unspecified atom stereocenters. The number of amides is 2. The van der Waals surface area contributed by atoms with E-state index in [1.165, 1.54) is 11.8 Å². The zero-order valence-electron chi connectivity index (χ0n) is 24.0. The molecule has 7 rings (SSSR count). The molecule has 2 bridgehead atoms. The number of nitrogens with zero attached hydrogens (tertiary/aromatic N) is 3. The van der Waals surface area contributed by atoms with E-state index in [-0.39, 0.29) is 18.2 Å². The summed E-state index contributed by atoms with van der Waals surface area (Å²) >= 11 is 0. The SMILES string of the molecule is CC(O)C1C2CC(C3C(=O)N(C[C@H]4CCCC[C@@H]4CN4CCC(c5noc6ccccc56)CC4)C(=O)C23)C1C(F)(F)F. The number of piperidine rings is 1. The minimum absolute atomic E-state index is 0.159. The smallest absolute Gasteiger partial charge is 0.392 e. The summed E-state index contributed by atoms with van der Waals surface area (Å²) in [5.41, 5.74) is 1.86. The van der Waals surface area contributed by atoms with Crippen LogP contribution in [0.4, 0.5) is 13.2 Å². The van der Waals surface area contributed by atoms with Gasteiger partial charge < -0.3 is 14.5 Å². The zero-order chi connectivity index (χ0) is 29.3. The highest BCUT2D eigenvalue weighted by Gasteiger charge is 2.72. The van der Waals surface area contributed by atoms with Crippen molar-refractivity contribution in [3.63, 3.8) is 0 Å². The van der Waals surface area contributed by atoms with E-state index in [9.17, 15) is 27.9 Å². The number of hydrogen-bond acceptors (Lipinski definition) is 6. The van der Waals surface area contributed by atoms with Gasteiger partial charge in [-0.3, -0.25) is 14.5 Å². The molecule has 7 nitrogen and oxygen atoms in total. The number of halogens is 3. The number of carbonyl (C=O) groups excluding carboxylic acids is 2. The summed E-state index contributed by atoms with van der Waals surface area (Å²) in [6, 6.07) is 7.97. The van der Waals surface area contributed by atoms with Crippen molar-refractivity contribution < 1.29 is 32.4 Å². The third kappa shape index (κ3) is 4.59. The number of hydrogen-bond donors (Lipinski definition) is 1. The van der Waals surface area contributed by atoms with E-state index in [1.807, 2.05) is 18.2 Å². The maximum absolute atomic E-state index is 14.1. The van der Waals surface area contributed by atoms with E-state index in [1.54, 1.807) is 0 Å². The second-order valence-electron chi connectivity index (χ2n) is 13.7. The molecule has 42 heavy (non-hydrogen) atoms. The Bertz CT molecular complexity index is 1340. The largest absolute Gasteiger partial charge is 0.393 e. The predicted octanol–water partition coefficient (Wildman–Crippen LogP) is 5.24.